The molecule has 0 heterocycles. The Kier molecular flexibility index (Phi) is 6.80. The summed E-state index contributed by atoms with van der Waals surface area (Å²) in [7, 11) is 3.21. The largest absolute Gasteiger partial charge is 0.493 e. The highest BCUT2D eigenvalue weighted by Crippen LogP contribution is 2.31. The lowest BCUT2D eigenvalue weighted by molar-refractivity contribution is -0.123. The van der Waals surface area contributed by atoms with E-state index in [0.717, 1.165) is 30.6 Å². The van der Waals surface area contributed by atoms with Gasteiger partial charge in [0.15, 0.2) is 18.1 Å². The van der Waals surface area contributed by atoms with Gasteiger partial charge in [0.05, 0.1) is 20.3 Å². The van der Waals surface area contributed by atoms with Gasteiger partial charge in [-0.15, -0.1) is 0 Å². The van der Waals surface area contributed by atoms with Crippen LogP contribution < -0.4 is 19.5 Å². The first kappa shape index (κ1) is 20.1. The van der Waals surface area contributed by atoms with Crippen molar-refractivity contribution in [2.75, 3.05) is 20.8 Å². The summed E-state index contributed by atoms with van der Waals surface area (Å²) in [6, 6.07) is 11.8. The maximum atomic E-state index is 12.4. The zero-order chi connectivity index (χ0) is 19.9. The molecule has 0 fully saturated rings. The van der Waals surface area contributed by atoms with Gasteiger partial charge in [-0.3, -0.25) is 4.79 Å². The molecular weight excluding hydrogens is 354 g/mol. The Morgan fingerprint density at radius 2 is 1.75 bits per heavy atom. The fraction of sp³-hybridized carbons (Fsp3) is 0.435. The van der Waals surface area contributed by atoms with Crippen molar-refractivity contribution in [2.45, 2.75) is 45.1 Å². The van der Waals surface area contributed by atoms with E-state index >= 15 is 0 Å². The molecule has 0 saturated heterocycles. The van der Waals surface area contributed by atoms with Gasteiger partial charge in [-0.25, -0.2) is 0 Å². The van der Waals surface area contributed by atoms with Crippen LogP contribution in [0.1, 0.15) is 48.9 Å². The van der Waals surface area contributed by atoms with Crippen LogP contribution in [0, 0.1) is 0 Å². The van der Waals surface area contributed by atoms with Crippen LogP contribution in [0.15, 0.2) is 36.4 Å². The molecule has 150 valence electrons. The molecule has 28 heavy (non-hydrogen) atoms. The molecule has 1 amide bonds. The van der Waals surface area contributed by atoms with Crippen LogP contribution in [0.25, 0.3) is 0 Å². The van der Waals surface area contributed by atoms with Gasteiger partial charge in [0, 0.05) is 0 Å². The quantitative estimate of drug-likeness (QED) is 0.741. The minimum atomic E-state index is -0.139. The van der Waals surface area contributed by atoms with E-state index in [9.17, 15) is 4.79 Å². The molecule has 5 nitrogen and oxygen atoms in total. The van der Waals surface area contributed by atoms with Crippen LogP contribution in [0.4, 0.5) is 0 Å². The minimum Gasteiger partial charge on any atom is -0.493 e. The Labute approximate surface area is 167 Å². The number of aryl methyl sites for hydroxylation is 2. The topological polar surface area (TPSA) is 56.8 Å². The summed E-state index contributed by atoms with van der Waals surface area (Å²) in [4.78, 5) is 12.4. The summed E-state index contributed by atoms with van der Waals surface area (Å²) in [6.45, 7) is 2.04. The van der Waals surface area contributed by atoms with Crippen LogP contribution in [-0.4, -0.2) is 26.7 Å². The highest BCUT2D eigenvalue weighted by molar-refractivity contribution is 5.78. The zero-order valence-electron chi connectivity index (χ0n) is 16.9. The van der Waals surface area contributed by atoms with Crippen molar-refractivity contribution in [3.8, 4) is 17.2 Å². The molecule has 1 aliphatic rings. The molecule has 1 N–H and O–H groups in total. The number of benzene rings is 2. The number of hydrogen-bond acceptors (Lipinski definition) is 4. The van der Waals surface area contributed by atoms with Gasteiger partial charge in [0.2, 0.25) is 0 Å². The van der Waals surface area contributed by atoms with Crippen LogP contribution in [0.5, 0.6) is 17.2 Å². The molecule has 1 aliphatic carbocycles. The van der Waals surface area contributed by atoms with E-state index in [4.69, 9.17) is 14.2 Å². The Bertz CT molecular complexity index is 818. The van der Waals surface area contributed by atoms with Crippen molar-refractivity contribution in [3.05, 3.63) is 53.1 Å². The second-order valence-corrected chi connectivity index (χ2v) is 7.07. The molecule has 0 bridgehead atoms. The normalized spacial score (nSPS) is 14.0. The highest BCUT2D eigenvalue weighted by Gasteiger charge is 2.16. The van der Waals surface area contributed by atoms with Gasteiger partial charge in [-0.1, -0.05) is 19.1 Å². The zero-order valence-corrected chi connectivity index (χ0v) is 16.9. The number of rotatable bonds is 8. The molecule has 0 radical (unpaired) electrons. The molecule has 2 aromatic carbocycles. The van der Waals surface area contributed by atoms with E-state index in [1.165, 1.54) is 24.0 Å². The Morgan fingerprint density at radius 3 is 2.46 bits per heavy atom. The third-order valence-corrected chi connectivity index (χ3v) is 5.24. The summed E-state index contributed by atoms with van der Waals surface area (Å²) in [5.41, 5.74) is 3.73. The highest BCUT2D eigenvalue weighted by atomic mass is 16.5. The van der Waals surface area contributed by atoms with E-state index in [-0.39, 0.29) is 18.6 Å². The van der Waals surface area contributed by atoms with E-state index in [0.29, 0.717) is 11.5 Å². The molecule has 5 heteroatoms. The number of hydrogen-bond donors (Lipinski definition) is 1. The molecule has 1 unspecified atom stereocenters. The average Bonchev–Trinajstić information content (AvgIpc) is 2.75. The van der Waals surface area contributed by atoms with Crippen LogP contribution in [0.2, 0.25) is 0 Å². The third kappa shape index (κ3) is 4.77. The minimum absolute atomic E-state index is 0.00256. The monoisotopic (exact) mass is 383 g/mol. The van der Waals surface area contributed by atoms with E-state index in [2.05, 4.69) is 17.4 Å². The lowest BCUT2D eigenvalue weighted by atomic mass is 9.92. The number of fused-ring (bicyclic) bond motifs is 1. The van der Waals surface area contributed by atoms with E-state index < -0.39 is 0 Å². The number of nitrogens with one attached hydrogen (secondary N) is 1. The van der Waals surface area contributed by atoms with Crippen LogP contribution in [-0.2, 0) is 17.6 Å². The second-order valence-electron chi connectivity index (χ2n) is 7.07. The average molecular weight is 383 g/mol. The van der Waals surface area contributed by atoms with Crippen molar-refractivity contribution in [2.24, 2.45) is 0 Å². The van der Waals surface area contributed by atoms with E-state index in [1.807, 2.05) is 31.2 Å². The fourth-order valence-corrected chi connectivity index (χ4v) is 3.68. The summed E-state index contributed by atoms with van der Waals surface area (Å²) in [5.74, 6) is 1.94. The smallest absolute Gasteiger partial charge is 0.258 e. The van der Waals surface area contributed by atoms with Gasteiger partial charge in [-0.2, -0.15) is 0 Å². The Morgan fingerprint density at radius 1 is 1.00 bits per heavy atom. The van der Waals surface area contributed by atoms with Crippen molar-refractivity contribution in [3.63, 3.8) is 0 Å². The molecule has 0 aromatic heterocycles. The predicted molar refractivity (Wildman–Crippen MR) is 109 cm³/mol. The standard InChI is InChI=1S/C23H29NO4/c1-4-20(18-10-12-21(26-2)22(14-18)27-3)24-23(25)15-28-19-11-9-16-7-5-6-8-17(16)13-19/h9-14,20H,4-8,15H2,1-3H3,(H,24,25). The maximum absolute atomic E-state index is 12.4. The molecule has 0 saturated carbocycles. The first-order valence-electron chi connectivity index (χ1n) is 9.90. The molecule has 0 aliphatic heterocycles. The van der Waals surface area contributed by atoms with Crippen molar-refractivity contribution < 1.29 is 19.0 Å². The molecular formula is C23H29NO4. The lowest BCUT2D eigenvalue weighted by Crippen LogP contribution is -2.32. The maximum Gasteiger partial charge on any atom is 0.258 e. The summed E-state index contributed by atoms with van der Waals surface area (Å²) < 4.78 is 16.4. The second kappa shape index (κ2) is 9.49. The predicted octanol–water partition coefficient (Wildman–Crippen LogP) is 4.23. The first-order valence-corrected chi connectivity index (χ1v) is 9.90. The van der Waals surface area contributed by atoms with Gasteiger partial charge in [0.25, 0.3) is 5.91 Å². The number of amides is 1. The Balaban J connectivity index is 1.60. The SMILES string of the molecule is CCC(NC(=O)COc1ccc2c(c1)CCCC2)c1ccc(OC)c(OC)c1. The van der Waals surface area contributed by atoms with Crippen LogP contribution >= 0.6 is 0 Å². The number of methoxy groups -OCH3 is 2. The van der Waals surface area contributed by atoms with Crippen molar-refractivity contribution >= 4 is 5.91 Å². The number of carbonyl (C=O) groups is 1. The number of carbonyl (C=O) groups excluding carboxylic acids is 1. The number of ether oxygens (including phenoxy) is 3. The molecule has 1 atom stereocenters. The van der Waals surface area contributed by atoms with Crippen molar-refractivity contribution in [1.29, 1.82) is 0 Å². The van der Waals surface area contributed by atoms with Gasteiger partial charge in [-0.05, 0) is 73.1 Å². The first-order chi connectivity index (χ1) is 13.6. The molecule has 0 spiro atoms. The summed E-state index contributed by atoms with van der Waals surface area (Å²) >= 11 is 0. The molecule has 2 aromatic rings. The fourth-order valence-electron chi connectivity index (χ4n) is 3.68. The lowest BCUT2D eigenvalue weighted by Gasteiger charge is -2.20. The summed E-state index contributed by atoms with van der Waals surface area (Å²) in [6.07, 6.45) is 5.47. The van der Waals surface area contributed by atoms with Gasteiger partial charge in [0.1, 0.15) is 5.75 Å². The van der Waals surface area contributed by atoms with Gasteiger partial charge < -0.3 is 19.5 Å². The van der Waals surface area contributed by atoms with Crippen molar-refractivity contribution in [1.82, 2.24) is 5.32 Å². The van der Waals surface area contributed by atoms with Crippen LogP contribution in [0.3, 0.4) is 0 Å². The van der Waals surface area contributed by atoms with E-state index in [1.54, 1.807) is 14.2 Å². The summed E-state index contributed by atoms with van der Waals surface area (Å²) in [5, 5.41) is 3.04. The Hall–Kier alpha value is -2.69. The molecule has 3 rings (SSSR count). The van der Waals surface area contributed by atoms with Gasteiger partial charge >= 0.3 is 0 Å². The third-order valence-electron chi connectivity index (χ3n) is 5.24.